The number of carbonyl (C=O) groups is 1. The van der Waals surface area contributed by atoms with Crippen LogP contribution in [-0.2, 0) is 19.1 Å². The summed E-state index contributed by atoms with van der Waals surface area (Å²) in [5, 5.41) is 0. The molecule has 0 amide bonds. The standard InChI is InChI=1S/C17H20O4S/c1-5-6-15(13(2)3)11-16(12-18)21-22(19,20)17-9-7-14(4)8-10-17/h5-13H,1H2,2-4H3/b15-6-,16-11+. The van der Waals surface area contributed by atoms with Crippen LogP contribution in [0.4, 0.5) is 0 Å². The van der Waals surface area contributed by atoms with Crippen LogP contribution in [0, 0.1) is 12.8 Å². The van der Waals surface area contributed by atoms with E-state index in [9.17, 15) is 13.2 Å². The normalized spacial score (nSPS) is 13.1. The van der Waals surface area contributed by atoms with E-state index in [0.717, 1.165) is 11.1 Å². The average Bonchev–Trinajstić information content (AvgIpc) is 2.45. The largest absolute Gasteiger partial charge is 0.375 e. The van der Waals surface area contributed by atoms with Gasteiger partial charge in [0.05, 0.1) is 0 Å². The van der Waals surface area contributed by atoms with Crippen molar-refractivity contribution >= 4 is 16.4 Å². The molecular formula is C17H20O4S. The first-order valence-corrected chi connectivity index (χ1v) is 8.21. The van der Waals surface area contributed by atoms with Crippen LogP contribution in [-0.4, -0.2) is 14.7 Å². The number of benzene rings is 1. The molecule has 0 atom stereocenters. The maximum Gasteiger partial charge on any atom is 0.339 e. The molecule has 0 aliphatic rings. The van der Waals surface area contributed by atoms with Gasteiger partial charge in [-0.3, -0.25) is 4.79 Å². The summed E-state index contributed by atoms with van der Waals surface area (Å²) in [7, 11) is -4.03. The third-order valence-corrected chi connectivity index (χ3v) is 4.18. The zero-order valence-corrected chi connectivity index (χ0v) is 13.8. The van der Waals surface area contributed by atoms with Gasteiger partial charge in [0.2, 0.25) is 0 Å². The Morgan fingerprint density at radius 2 is 1.82 bits per heavy atom. The molecule has 1 aromatic rings. The van der Waals surface area contributed by atoms with Gasteiger partial charge in [-0.1, -0.05) is 50.3 Å². The maximum absolute atomic E-state index is 12.2. The van der Waals surface area contributed by atoms with Crippen molar-refractivity contribution in [3.63, 3.8) is 0 Å². The second-order valence-electron chi connectivity index (χ2n) is 5.07. The second kappa shape index (κ2) is 7.75. The summed E-state index contributed by atoms with van der Waals surface area (Å²) < 4.78 is 29.3. The summed E-state index contributed by atoms with van der Waals surface area (Å²) in [6.45, 7) is 9.28. The molecule has 0 saturated heterocycles. The highest BCUT2D eigenvalue weighted by atomic mass is 32.2. The Morgan fingerprint density at radius 1 is 1.23 bits per heavy atom. The van der Waals surface area contributed by atoms with Gasteiger partial charge >= 0.3 is 10.1 Å². The molecule has 0 aromatic heterocycles. The van der Waals surface area contributed by atoms with Gasteiger partial charge in [-0.25, -0.2) is 0 Å². The molecule has 0 aliphatic heterocycles. The highest BCUT2D eigenvalue weighted by molar-refractivity contribution is 7.86. The van der Waals surface area contributed by atoms with Gasteiger partial charge in [0.25, 0.3) is 0 Å². The summed E-state index contributed by atoms with van der Waals surface area (Å²) >= 11 is 0. The van der Waals surface area contributed by atoms with Crippen LogP contribution >= 0.6 is 0 Å². The average molecular weight is 320 g/mol. The molecule has 0 saturated carbocycles. The van der Waals surface area contributed by atoms with E-state index >= 15 is 0 Å². The monoisotopic (exact) mass is 320 g/mol. The van der Waals surface area contributed by atoms with Crippen LogP contribution in [0.3, 0.4) is 0 Å². The van der Waals surface area contributed by atoms with E-state index in [2.05, 4.69) is 6.58 Å². The lowest BCUT2D eigenvalue weighted by Crippen LogP contribution is -2.08. The smallest absolute Gasteiger partial charge is 0.339 e. The maximum atomic E-state index is 12.2. The number of allylic oxidation sites excluding steroid dienone is 5. The summed E-state index contributed by atoms with van der Waals surface area (Å²) in [6.07, 6.45) is 5.06. The zero-order chi connectivity index (χ0) is 16.8. The van der Waals surface area contributed by atoms with E-state index in [-0.39, 0.29) is 16.6 Å². The minimum Gasteiger partial charge on any atom is -0.375 e. The molecule has 0 N–H and O–H groups in total. The lowest BCUT2D eigenvalue weighted by molar-refractivity contribution is -0.106. The van der Waals surface area contributed by atoms with Crippen LogP contribution in [0.15, 0.2) is 65.3 Å². The zero-order valence-electron chi connectivity index (χ0n) is 12.9. The van der Waals surface area contributed by atoms with Crippen molar-refractivity contribution in [3.8, 4) is 0 Å². The van der Waals surface area contributed by atoms with E-state index in [1.54, 1.807) is 24.3 Å². The first kappa shape index (κ1) is 17.9. The molecular weight excluding hydrogens is 300 g/mol. The third-order valence-electron chi connectivity index (χ3n) is 2.92. The van der Waals surface area contributed by atoms with Crippen molar-refractivity contribution in [2.75, 3.05) is 0 Å². The number of rotatable bonds is 7. The van der Waals surface area contributed by atoms with Gasteiger partial charge in [-0.15, -0.1) is 0 Å². The minimum atomic E-state index is -4.03. The second-order valence-corrected chi connectivity index (χ2v) is 6.62. The lowest BCUT2D eigenvalue weighted by atomic mass is 10.0. The Labute approximate surface area is 131 Å². The van der Waals surface area contributed by atoms with Gasteiger partial charge in [0.1, 0.15) is 4.90 Å². The molecule has 0 unspecified atom stereocenters. The summed E-state index contributed by atoms with van der Waals surface area (Å²) in [6, 6.07) is 6.21. The molecule has 0 bridgehead atoms. The van der Waals surface area contributed by atoms with Gasteiger partial charge in [-0.05, 0) is 36.6 Å². The van der Waals surface area contributed by atoms with Crippen molar-refractivity contribution < 1.29 is 17.4 Å². The Bertz CT molecular complexity index is 693. The molecule has 4 nitrogen and oxygen atoms in total. The van der Waals surface area contributed by atoms with E-state index in [1.165, 1.54) is 18.2 Å². The minimum absolute atomic E-state index is 0.00430. The molecule has 118 valence electrons. The first-order valence-electron chi connectivity index (χ1n) is 6.80. The van der Waals surface area contributed by atoms with E-state index in [4.69, 9.17) is 4.18 Å². The van der Waals surface area contributed by atoms with Gasteiger partial charge in [0, 0.05) is 0 Å². The first-order chi connectivity index (χ1) is 10.3. The molecule has 22 heavy (non-hydrogen) atoms. The predicted molar refractivity (Wildman–Crippen MR) is 86.7 cm³/mol. The summed E-state index contributed by atoms with van der Waals surface area (Å²) in [5.74, 6) is -0.166. The molecule has 0 aliphatic carbocycles. The van der Waals surface area contributed by atoms with Crippen LogP contribution in [0.1, 0.15) is 19.4 Å². The van der Waals surface area contributed by atoms with Crippen molar-refractivity contribution in [3.05, 3.63) is 66.0 Å². The molecule has 0 fully saturated rings. The molecule has 0 spiro atoms. The Morgan fingerprint density at radius 3 is 2.27 bits per heavy atom. The van der Waals surface area contributed by atoms with Gasteiger partial charge in [-0.2, -0.15) is 8.42 Å². The third kappa shape index (κ3) is 5.00. The fourth-order valence-electron chi connectivity index (χ4n) is 1.67. The quantitative estimate of drug-likeness (QED) is 0.253. The number of aldehydes is 1. The highest BCUT2D eigenvalue weighted by Crippen LogP contribution is 2.19. The van der Waals surface area contributed by atoms with Gasteiger partial charge in [0.15, 0.2) is 12.0 Å². The van der Waals surface area contributed by atoms with Crippen molar-refractivity contribution in [1.29, 1.82) is 0 Å². The van der Waals surface area contributed by atoms with Crippen LogP contribution in [0.5, 0.6) is 0 Å². The van der Waals surface area contributed by atoms with Crippen LogP contribution in [0.25, 0.3) is 0 Å². The number of hydrogen-bond acceptors (Lipinski definition) is 4. The van der Waals surface area contributed by atoms with Crippen molar-refractivity contribution in [2.45, 2.75) is 25.7 Å². The Kier molecular flexibility index (Phi) is 6.31. The van der Waals surface area contributed by atoms with Crippen molar-refractivity contribution in [1.82, 2.24) is 0 Å². The van der Waals surface area contributed by atoms with E-state index in [0.29, 0.717) is 6.29 Å². The van der Waals surface area contributed by atoms with Crippen LogP contribution in [0.2, 0.25) is 0 Å². The summed E-state index contributed by atoms with van der Waals surface area (Å²) in [5.41, 5.74) is 1.68. The van der Waals surface area contributed by atoms with Crippen molar-refractivity contribution in [2.24, 2.45) is 5.92 Å². The van der Waals surface area contributed by atoms with Crippen LogP contribution < -0.4 is 0 Å². The number of hydrogen-bond donors (Lipinski definition) is 0. The number of carbonyl (C=O) groups excluding carboxylic acids is 1. The molecule has 1 aromatic carbocycles. The molecule has 0 heterocycles. The topological polar surface area (TPSA) is 60.4 Å². The molecule has 5 heteroatoms. The van der Waals surface area contributed by atoms with Gasteiger partial charge < -0.3 is 4.18 Å². The fraction of sp³-hybridized carbons (Fsp3) is 0.235. The fourth-order valence-corrected chi connectivity index (χ4v) is 2.57. The Balaban J connectivity index is 3.12. The van der Waals surface area contributed by atoms with E-state index < -0.39 is 10.1 Å². The summed E-state index contributed by atoms with van der Waals surface area (Å²) in [4.78, 5) is 11.1. The SMILES string of the molecule is C=C/C=C(/C=C(\C=O)OS(=O)(=O)c1ccc(C)cc1)C(C)C. The highest BCUT2D eigenvalue weighted by Gasteiger charge is 2.18. The van der Waals surface area contributed by atoms with E-state index in [1.807, 2.05) is 20.8 Å². The predicted octanol–water partition coefficient (Wildman–Crippen LogP) is 3.55. The molecule has 0 radical (unpaired) electrons. The lowest BCUT2D eigenvalue weighted by Gasteiger charge is -2.09. The Hall–Kier alpha value is -2.14. The molecule has 1 rings (SSSR count). The number of aryl methyl sites for hydroxylation is 1.